The average Bonchev–Trinajstić information content (AvgIpc) is 2.65. The average molecular weight is 379 g/mol. The van der Waals surface area contributed by atoms with E-state index in [1.54, 1.807) is 25.3 Å². The van der Waals surface area contributed by atoms with E-state index in [2.05, 4.69) is 25.6 Å². The lowest BCUT2D eigenvalue weighted by molar-refractivity contribution is -0.114. The molecule has 0 radical (unpaired) electrons. The topological polar surface area (TPSA) is 109 Å². The Balaban J connectivity index is 1.51. The van der Waals surface area contributed by atoms with E-state index < -0.39 is 0 Å². The first-order valence-electron chi connectivity index (χ1n) is 8.78. The van der Waals surface area contributed by atoms with Crippen LogP contribution in [0.1, 0.15) is 12.6 Å². The number of aromatic nitrogens is 3. The molecule has 0 fully saturated rings. The number of amides is 1. The Bertz CT molecular complexity index is 1010. The third kappa shape index (κ3) is 5.41. The second-order valence-electron chi connectivity index (χ2n) is 6.15. The molecule has 0 saturated heterocycles. The zero-order valence-electron chi connectivity index (χ0n) is 15.7. The molecule has 1 amide bonds. The van der Waals surface area contributed by atoms with Crippen LogP contribution in [0.15, 0.2) is 53.5 Å². The summed E-state index contributed by atoms with van der Waals surface area (Å²) in [6.45, 7) is 4.21. The third-order valence-electron chi connectivity index (χ3n) is 3.74. The number of carbonyl (C=O) groups excluding carboxylic acids is 1. The number of anilines is 2. The summed E-state index contributed by atoms with van der Waals surface area (Å²) >= 11 is 0. The molecule has 0 bridgehead atoms. The van der Waals surface area contributed by atoms with Crippen LogP contribution in [-0.4, -0.2) is 34.0 Å². The molecule has 2 heterocycles. The first-order valence-corrected chi connectivity index (χ1v) is 8.78. The van der Waals surface area contributed by atoms with Crippen molar-refractivity contribution in [3.63, 3.8) is 0 Å². The standard InChI is InChI=1S/C20H21N5O3/c1-13-10-19(27)25-20(23-13)15-6-7-18(22-12-15)21-8-9-28-17-5-3-4-16(11-17)24-14(2)26/h3-7,10-12H,8-9H2,1-2H3,(H,21,22)(H,24,26)(H,23,25,27). The first kappa shape index (κ1) is 19.1. The quantitative estimate of drug-likeness (QED) is 0.545. The first-order chi connectivity index (χ1) is 13.5. The van der Waals surface area contributed by atoms with Gasteiger partial charge in [-0.2, -0.15) is 0 Å². The largest absolute Gasteiger partial charge is 0.492 e. The van der Waals surface area contributed by atoms with Crippen LogP contribution >= 0.6 is 0 Å². The number of rotatable bonds is 7. The van der Waals surface area contributed by atoms with E-state index in [1.165, 1.54) is 13.0 Å². The molecule has 144 valence electrons. The van der Waals surface area contributed by atoms with Gasteiger partial charge in [0.2, 0.25) is 5.91 Å². The second-order valence-corrected chi connectivity index (χ2v) is 6.15. The molecule has 0 spiro atoms. The van der Waals surface area contributed by atoms with Crippen LogP contribution in [0.2, 0.25) is 0 Å². The summed E-state index contributed by atoms with van der Waals surface area (Å²) in [5.74, 6) is 1.73. The van der Waals surface area contributed by atoms with E-state index >= 15 is 0 Å². The van der Waals surface area contributed by atoms with Gasteiger partial charge in [-0.1, -0.05) is 6.07 Å². The fourth-order valence-electron chi connectivity index (χ4n) is 2.57. The Morgan fingerprint density at radius 1 is 1.21 bits per heavy atom. The molecule has 3 aromatic rings. The smallest absolute Gasteiger partial charge is 0.251 e. The molecule has 8 nitrogen and oxygen atoms in total. The molecule has 28 heavy (non-hydrogen) atoms. The van der Waals surface area contributed by atoms with Crippen molar-refractivity contribution < 1.29 is 9.53 Å². The number of aryl methyl sites for hydroxylation is 1. The fraction of sp³-hybridized carbons (Fsp3) is 0.200. The molecular formula is C20H21N5O3. The molecule has 0 atom stereocenters. The van der Waals surface area contributed by atoms with Crippen LogP contribution in [0.25, 0.3) is 11.4 Å². The number of hydrogen-bond donors (Lipinski definition) is 3. The van der Waals surface area contributed by atoms with Gasteiger partial charge in [0, 0.05) is 42.2 Å². The molecule has 0 unspecified atom stereocenters. The predicted molar refractivity (Wildman–Crippen MR) is 108 cm³/mol. The molecule has 2 aromatic heterocycles. The van der Waals surface area contributed by atoms with Gasteiger partial charge in [0.15, 0.2) is 0 Å². The Morgan fingerprint density at radius 2 is 2.07 bits per heavy atom. The third-order valence-corrected chi connectivity index (χ3v) is 3.74. The van der Waals surface area contributed by atoms with E-state index in [-0.39, 0.29) is 11.5 Å². The van der Waals surface area contributed by atoms with E-state index in [4.69, 9.17) is 4.74 Å². The van der Waals surface area contributed by atoms with Gasteiger partial charge in [-0.25, -0.2) is 9.97 Å². The zero-order valence-corrected chi connectivity index (χ0v) is 15.7. The van der Waals surface area contributed by atoms with Gasteiger partial charge in [0.25, 0.3) is 5.56 Å². The van der Waals surface area contributed by atoms with Crippen LogP contribution in [0.4, 0.5) is 11.5 Å². The molecule has 8 heteroatoms. The predicted octanol–water partition coefficient (Wildman–Crippen LogP) is 2.59. The van der Waals surface area contributed by atoms with Crippen molar-refractivity contribution in [1.82, 2.24) is 15.0 Å². The SMILES string of the molecule is CC(=O)Nc1cccc(OCCNc2ccc(-c3nc(C)cc(=O)[nH]3)cn2)c1. The molecule has 3 rings (SSSR count). The highest BCUT2D eigenvalue weighted by Gasteiger charge is 2.03. The lowest BCUT2D eigenvalue weighted by atomic mass is 10.2. The normalized spacial score (nSPS) is 10.4. The minimum atomic E-state index is -0.190. The molecular weight excluding hydrogens is 358 g/mol. The van der Waals surface area contributed by atoms with Crippen molar-refractivity contribution in [2.24, 2.45) is 0 Å². The molecule has 1 aromatic carbocycles. The number of nitrogens with one attached hydrogen (secondary N) is 3. The van der Waals surface area contributed by atoms with Crippen LogP contribution in [0.3, 0.4) is 0 Å². The van der Waals surface area contributed by atoms with E-state index in [9.17, 15) is 9.59 Å². The minimum absolute atomic E-state index is 0.127. The van der Waals surface area contributed by atoms with Crippen molar-refractivity contribution in [2.75, 3.05) is 23.8 Å². The molecule has 0 saturated carbocycles. The fourth-order valence-corrected chi connectivity index (χ4v) is 2.57. The highest BCUT2D eigenvalue weighted by Crippen LogP contribution is 2.17. The lowest BCUT2D eigenvalue weighted by Gasteiger charge is -2.10. The lowest BCUT2D eigenvalue weighted by Crippen LogP contribution is -2.13. The molecule has 3 N–H and O–H groups in total. The van der Waals surface area contributed by atoms with Gasteiger partial charge < -0.3 is 20.4 Å². The Labute approximate surface area is 162 Å². The number of H-pyrrole nitrogens is 1. The number of ether oxygens (including phenoxy) is 1. The molecule has 0 aliphatic rings. The Hall–Kier alpha value is -3.68. The number of nitrogens with zero attached hydrogens (tertiary/aromatic N) is 2. The summed E-state index contributed by atoms with van der Waals surface area (Å²) in [6.07, 6.45) is 1.65. The maximum atomic E-state index is 11.6. The number of hydrogen-bond acceptors (Lipinski definition) is 6. The van der Waals surface area contributed by atoms with Crippen LogP contribution < -0.4 is 20.9 Å². The maximum absolute atomic E-state index is 11.6. The number of carbonyl (C=O) groups is 1. The zero-order chi connectivity index (χ0) is 19.9. The van der Waals surface area contributed by atoms with Crippen LogP contribution in [0.5, 0.6) is 5.75 Å². The Kier molecular flexibility index (Phi) is 6.01. The minimum Gasteiger partial charge on any atom is -0.492 e. The van der Waals surface area contributed by atoms with Crippen molar-refractivity contribution in [1.29, 1.82) is 0 Å². The summed E-state index contributed by atoms with van der Waals surface area (Å²) in [6, 6.07) is 12.3. The monoisotopic (exact) mass is 379 g/mol. The van der Waals surface area contributed by atoms with Crippen molar-refractivity contribution in [2.45, 2.75) is 13.8 Å². The molecule has 0 aliphatic carbocycles. The van der Waals surface area contributed by atoms with Crippen LogP contribution in [0, 0.1) is 6.92 Å². The second kappa shape index (κ2) is 8.81. The highest BCUT2D eigenvalue weighted by molar-refractivity contribution is 5.88. The van der Waals surface area contributed by atoms with Crippen LogP contribution in [-0.2, 0) is 4.79 Å². The summed E-state index contributed by atoms with van der Waals surface area (Å²) in [4.78, 5) is 34.0. The van der Waals surface area contributed by atoms with Gasteiger partial charge >= 0.3 is 0 Å². The summed E-state index contributed by atoms with van der Waals surface area (Å²) in [7, 11) is 0. The summed E-state index contributed by atoms with van der Waals surface area (Å²) in [5, 5.41) is 5.88. The Morgan fingerprint density at radius 3 is 2.79 bits per heavy atom. The summed E-state index contributed by atoms with van der Waals surface area (Å²) < 4.78 is 5.68. The van der Waals surface area contributed by atoms with Crippen molar-refractivity contribution >= 4 is 17.4 Å². The van der Waals surface area contributed by atoms with E-state index in [0.29, 0.717) is 41.9 Å². The van der Waals surface area contributed by atoms with Gasteiger partial charge in [-0.05, 0) is 31.2 Å². The van der Waals surface area contributed by atoms with Gasteiger partial charge in [-0.15, -0.1) is 0 Å². The highest BCUT2D eigenvalue weighted by atomic mass is 16.5. The van der Waals surface area contributed by atoms with Gasteiger partial charge in [0.1, 0.15) is 24.0 Å². The van der Waals surface area contributed by atoms with E-state index in [1.807, 2.05) is 24.3 Å². The number of benzene rings is 1. The number of aromatic amines is 1. The van der Waals surface area contributed by atoms with Gasteiger partial charge in [0.05, 0.1) is 6.54 Å². The maximum Gasteiger partial charge on any atom is 0.251 e. The molecule has 0 aliphatic heterocycles. The van der Waals surface area contributed by atoms with Crippen molar-refractivity contribution in [3.05, 3.63) is 64.7 Å². The number of pyridine rings is 1. The van der Waals surface area contributed by atoms with Gasteiger partial charge in [-0.3, -0.25) is 9.59 Å². The van der Waals surface area contributed by atoms with E-state index in [0.717, 1.165) is 5.56 Å². The van der Waals surface area contributed by atoms with Crippen molar-refractivity contribution in [3.8, 4) is 17.1 Å². The summed E-state index contributed by atoms with van der Waals surface area (Å²) in [5.41, 5.74) is 1.89.